The molecule has 1 unspecified atom stereocenters. The van der Waals surface area contributed by atoms with Crippen molar-refractivity contribution in [3.05, 3.63) is 41.0 Å². The van der Waals surface area contributed by atoms with E-state index >= 15 is 0 Å². The average molecular weight is 304 g/mol. The van der Waals surface area contributed by atoms with Gasteiger partial charge in [0.05, 0.1) is 11.1 Å². The molecule has 0 saturated carbocycles. The van der Waals surface area contributed by atoms with Gasteiger partial charge in [-0.15, -0.1) is 0 Å². The molecule has 1 amide bonds. The summed E-state index contributed by atoms with van der Waals surface area (Å²) in [7, 11) is 4.10. The highest BCUT2D eigenvalue weighted by Gasteiger charge is 2.29. The number of fused-ring (bicyclic) bond motifs is 1. The van der Waals surface area contributed by atoms with Gasteiger partial charge in [0.15, 0.2) is 0 Å². The van der Waals surface area contributed by atoms with Gasteiger partial charge in [-0.3, -0.25) is 9.78 Å². The van der Waals surface area contributed by atoms with Crippen molar-refractivity contribution in [2.45, 2.75) is 12.5 Å². The minimum absolute atomic E-state index is 0.0190. The lowest BCUT2D eigenvalue weighted by Gasteiger charge is -2.21. The molecule has 0 bridgehead atoms. The Kier molecular flexibility index (Phi) is 3.83. The first-order chi connectivity index (χ1) is 10.1. The number of nitrogens with zero attached hydrogens (tertiary/aromatic N) is 3. The van der Waals surface area contributed by atoms with Crippen LogP contribution in [0.1, 0.15) is 16.8 Å². The van der Waals surface area contributed by atoms with Crippen molar-refractivity contribution < 1.29 is 4.79 Å². The zero-order chi connectivity index (χ0) is 15.0. The summed E-state index contributed by atoms with van der Waals surface area (Å²) in [5.74, 6) is 0.0190. The fraction of sp³-hybridized carbons (Fsp3) is 0.375. The molecule has 0 aliphatic carbocycles. The summed E-state index contributed by atoms with van der Waals surface area (Å²) in [4.78, 5) is 21.2. The van der Waals surface area contributed by atoms with Crippen LogP contribution in [0.3, 0.4) is 0 Å². The third-order valence-electron chi connectivity index (χ3n) is 4.08. The van der Waals surface area contributed by atoms with Crippen LogP contribution in [0.4, 0.5) is 0 Å². The Bertz CT molecular complexity index is 686. The van der Waals surface area contributed by atoms with Crippen molar-refractivity contribution in [1.82, 2.24) is 14.8 Å². The maximum Gasteiger partial charge on any atom is 0.256 e. The number of amides is 1. The van der Waals surface area contributed by atoms with E-state index in [9.17, 15) is 4.79 Å². The Labute approximate surface area is 129 Å². The van der Waals surface area contributed by atoms with Gasteiger partial charge in [0, 0.05) is 35.7 Å². The fourth-order valence-corrected chi connectivity index (χ4v) is 3.06. The second kappa shape index (κ2) is 5.62. The van der Waals surface area contributed by atoms with E-state index < -0.39 is 0 Å². The number of likely N-dealkylation sites (N-methyl/N-ethyl adjacent to an activating group) is 1. The van der Waals surface area contributed by atoms with Gasteiger partial charge in [0.25, 0.3) is 5.91 Å². The molecule has 1 saturated heterocycles. The topological polar surface area (TPSA) is 36.4 Å². The van der Waals surface area contributed by atoms with Crippen LogP contribution in [0.25, 0.3) is 10.9 Å². The number of hydrogen-bond acceptors (Lipinski definition) is 3. The number of pyridine rings is 1. The van der Waals surface area contributed by atoms with E-state index in [0.29, 0.717) is 16.6 Å². The highest BCUT2D eigenvalue weighted by atomic mass is 35.5. The van der Waals surface area contributed by atoms with Crippen LogP contribution in [0.15, 0.2) is 30.5 Å². The summed E-state index contributed by atoms with van der Waals surface area (Å²) in [5.41, 5.74) is 1.32. The van der Waals surface area contributed by atoms with E-state index in [2.05, 4.69) is 24.0 Å². The Morgan fingerprint density at radius 2 is 2.24 bits per heavy atom. The first kappa shape index (κ1) is 14.3. The number of benzene rings is 1. The molecule has 2 heterocycles. The Hall–Kier alpha value is -1.65. The van der Waals surface area contributed by atoms with Gasteiger partial charge in [-0.05, 0) is 38.7 Å². The number of carbonyl (C=O) groups is 1. The summed E-state index contributed by atoms with van der Waals surface area (Å²) in [5, 5.41) is 1.47. The average Bonchev–Trinajstić information content (AvgIpc) is 2.95. The van der Waals surface area contributed by atoms with E-state index in [1.165, 1.54) is 0 Å². The molecule has 0 radical (unpaired) electrons. The Morgan fingerprint density at radius 3 is 2.95 bits per heavy atom. The lowest BCUT2D eigenvalue weighted by Crippen LogP contribution is -2.34. The van der Waals surface area contributed by atoms with Crippen molar-refractivity contribution >= 4 is 28.4 Å². The summed E-state index contributed by atoms with van der Waals surface area (Å²) in [6.07, 6.45) is 2.71. The molecule has 4 nitrogen and oxygen atoms in total. The molecule has 1 atom stereocenters. The van der Waals surface area contributed by atoms with Gasteiger partial charge < -0.3 is 9.80 Å². The number of aromatic nitrogens is 1. The highest BCUT2D eigenvalue weighted by molar-refractivity contribution is 6.32. The van der Waals surface area contributed by atoms with E-state index in [1.807, 2.05) is 23.1 Å². The second-order valence-corrected chi connectivity index (χ2v) is 6.12. The number of hydrogen-bond donors (Lipinski definition) is 0. The van der Waals surface area contributed by atoms with Crippen molar-refractivity contribution in [1.29, 1.82) is 0 Å². The Balaban J connectivity index is 1.95. The van der Waals surface area contributed by atoms with Crippen LogP contribution in [-0.4, -0.2) is 53.9 Å². The summed E-state index contributed by atoms with van der Waals surface area (Å²) >= 11 is 6.15. The lowest BCUT2D eigenvalue weighted by molar-refractivity contribution is 0.0785. The number of halogens is 1. The van der Waals surface area contributed by atoms with Gasteiger partial charge in [-0.2, -0.15) is 0 Å². The molecule has 3 rings (SSSR count). The van der Waals surface area contributed by atoms with Crippen LogP contribution in [0, 0.1) is 0 Å². The van der Waals surface area contributed by atoms with E-state index in [1.54, 1.807) is 12.3 Å². The smallest absolute Gasteiger partial charge is 0.256 e. The minimum Gasteiger partial charge on any atom is -0.337 e. The molecular formula is C16H18ClN3O. The molecule has 5 heteroatoms. The van der Waals surface area contributed by atoms with Crippen LogP contribution in [-0.2, 0) is 0 Å². The van der Waals surface area contributed by atoms with Gasteiger partial charge >= 0.3 is 0 Å². The molecule has 1 aromatic heterocycles. The lowest BCUT2D eigenvalue weighted by atomic mass is 10.1. The van der Waals surface area contributed by atoms with E-state index in [0.717, 1.165) is 30.4 Å². The first-order valence-corrected chi connectivity index (χ1v) is 7.44. The van der Waals surface area contributed by atoms with Crippen LogP contribution in [0.5, 0.6) is 0 Å². The molecule has 1 aliphatic rings. The number of rotatable bonds is 2. The standard InChI is InChI=1S/C16H18ClN3O/c1-19(2)13-5-7-20(10-13)16(21)14-9-12(17)8-11-4-3-6-18-15(11)14/h3-4,6,8-9,13H,5,7,10H2,1-2H3. The summed E-state index contributed by atoms with van der Waals surface area (Å²) < 4.78 is 0. The predicted molar refractivity (Wildman–Crippen MR) is 84.7 cm³/mol. The van der Waals surface area contributed by atoms with E-state index in [4.69, 9.17) is 11.6 Å². The van der Waals surface area contributed by atoms with Crippen molar-refractivity contribution in [2.75, 3.05) is 27.2 Å². The Morgan fingerprint density at radius 1 is 1.43 bits per heavy atom. The largest absolute Gasteiger partial charge is 0.337 e. The van der Waals surface area contributed by atoms with Gasteiger partial charge in [0.1, 0.15) is 0 Å². The monoisotopic (exact) mass is 303 g/mol. The molecule has 0 spiro atoms. The summed E-state index contributed by atoms with van der Waals surface area (Å²) in [6, 6.07) is 7.77. The minimum atomic E-state index is 0.0190. The molecule has 1 fully saturated rings. The molecular weight excluding hydrogens is 286 g/mol. The molecule has 110 valence electrons. The molecule has 2 aromatic rings. The maximum atomic E-state index is 12.8. The molecule has 0 N–H and O–H groups in total. The van der Waals surface area contributed by atoms with Crippen LogP contribution in [0.2, 0.25) is 5.02 Å². The van der Waals surface area contributed by atoms with Crippen LogP contribution < -0.4 is 0 Å². The quantitative estimate of drug-likeness (QED) is 0.856. The molecule has 1 aromatic carbocycles. The van der Waals surface area contributed by atoms with Crippen molar-refractivity contribution in [3.63, 3.8) is 0 Å². The first-order valence-electron chi connectivity index (χ1n) is 7.06. The fourth-order valence-electron chi connectivity index (χ4n) is 2.84. The molecule has 1 aliphatic heterocycles. The normalized spacial score (nSPS) is 18.7. The SMILES string of the molecule is CN(C)C1CCN(C(=O)c2cc(Cl)cc3cccnc23)C1. The highest BCUT2D eigenvalue weighted by Crippen LogP contribution is 2.25. The number of carbonyl (C=O) groups excluding carboxylic acids is 1. The van der Waals surface area contributed by atoms with Gasteiger partial charge in [-0.1, -0.05) is 17.7 Å². The zero-order valence-corrected chi connectivity index (χ0v) is 13.0. The van der Waals surface area contributed by atoms with Gasteiger partial charge in [-0.25, -0.2) is 0 Å². The van der Waals surface area contributed by atoms with Crippen molar-refractivity contribution in [2.24, 2.45) is 0 Å². The van der Waals surface area contributed by atoms with Gasteiger partial charge in [0.2, 0.25) is 0 Å². The zero-order valence-electron chi connectivity index (χ0n) is 12.2. The second-order valence-electron chi connectivity index (χ2n) is 5.69. The predicted octanol–water partition coefficient (Wildman–Crippen LogP) is 2.66. The van der Waals surface area contributed by atoms with E-state index in [-0.39, 0.29) is 5.91 Å². The molecule has 21 heavy (non-hydrogen) atoms. The number of likely N-dealkylation sites (tertiary alicyclic amines) is 1. The third kappa shape index (κ3) is 2.74. The third-order valence-corrected chi connectivity index (χ3v) is 4.30. The van der Waals surface area contributed by atoms with Crippen molar-refractivity contribution in [3.8, 4) is 0 Å². The maximum absolute atomic E-state index is 12.8. The van der Waals surface area contributed by atoms with Crippen LogP contribution >= 0.6 is 11.6 Å². The summed E-state index contributed by atoms with van der Waals surface area (Å²) in [6.45, 7) is 1.54.